The van der Waals surface area contributed by atoms with Crippen LogP contribution in [0.1, 0.15) is 26.3 Å². The number of benzene rings is 1. The van der Waals surface area contributed by atoms with Gasteiger partial charge in [0, 0.05) is 5.02 Å². The largest absolute Gasteiger partial charge is 0.484 e. The molecule has 1 nitrogen and oxygen atoms in total. The number of rotatable bonds is 2. The molecule has 0 aliphatic carbocycles. The van der Waals surface area contributed by atoms with Gasteiger partial charge in [-0.25, -0.2) is 0 Å². The first kappa shape index (κ1) is 14.2. The lowest BCUT2D eigenvalue weighted by Gasteiger charge is -2.20. The van der Waals surface area contributed by atoms with Crippen LogP contribution < -0.4 is 4.74 Å². The molecule has 1 aromatic carbocycles. The van der Waals surface area contributed by atoms with Gasteiger partial charge in [-0.1, -0.05) is 32.4 Å². The van der Waals surface area contributed by atoms with Crippen LogP contribution in [-0.4, -0.2) is 12.8 Å². The van der Waals surface area contributed by atoms with E-state index in [1.165, 1.54) is 6.07 Å². The zero-order chi connectivity index (χ0) is 13.3. The van der Waals surface area contributed by atoms with E-state index in [-0.39, 0.29) is 11.2 Å². The Hall–Kier alpha value is -0.900. The van der Waals surface area contributed by atoms with Gasteiger partial charge < -0.3 is 4.74 Å². The molecule has 0 bridgehead atoms. The topological polar surface area (TPSA) is 9.23 Å². The Morgan fingerprint density at radius 1 is 1.12 bits per heavy atom. The van der Waals surface area contributed by atoms with Crippen LogP contribution in [0.2, 0.25) is 5.02 Å². The Kier molecular flexibility index (Phi) is 3.97. The Balaban J connectivity index is 2.91. The highest BCUT2D eigenvalue weighted by molar-refractivity contribution is 6.30. The monoisotopic (exact) mass is 266 g/mol. The van der Waals surface area contributed by atoms with Crippen molar-refractivity contribution >= 4 is 11.6 Å². The third-order valence-electron chi connectivity index (χ3n) is 2.14. The maximum atomic E-state index is 12.0. The molecule has 0 radical (unpaired) electrons. The molecular weight excluding hydrogens is 253 g/mol. The molecule has 1 aromatic rings. The maximum absolute atomic E-state index is 12.0. The van der Waals surface area contributed by atoms with Crippen LogP contribution in [0.15, 0.2) is 18.2 Å². The molecule has 0 fully saturated rings. The first-order valence-corrected chi connectivity index (χ1v) is 5.46. The fraction of sp³-hybridized carbons (Fsp3) is 0.500. The van der Waals surface area contributed by atoms with Crippen molar-refractivity contribution in [2.24, 2.45) is 0 Å². The minimum absolute atomic E-state index is 0.139. The number of alkyl halides is 3. The first-order chi connectivity index (χ1) is 7.58. The van der Waals surface area contributed by atoms with Gasteiger partial charge in [0.1, 0.15) is 5.75 Å². The van der Waals surface area contributed by atoms with E-state index in [9.17, 15) is 13.2 Å². The second-order valence-corrected chi connectivity index (χ2v) is 5.27. The minimum Gasteiger partial charge on any atom is -0.484 e. The van der Waals surface area contributed by atoms with Crippen molar-refractivity contribution in [3.05, 3.63) is 28.8 Å². The summed E-state index contributed by atoms with van der Waals surface area (Å²) in [5, 5.41) is 0.370. The van der Waals surface area contributed by atoms with Crippen LogP contribution in [0.4, 0.5) is 13.2 Å². The second kappa shape index (κ2) is 4.77. The first-order valence-electron chi connectivity index (χ1n) is 5.08. The summed E-state index contributed by atoms with van der Waals surface area (Å²) < 4.78 is 40.7. The third-order valence-corrected chi connectivity index (χ3v) is 2.36. The molecule has 0 atom stereocenters. The van der Waals surface area contributed by atoms with E-state index in [4.69, 9.17) is 11.6 Å². The number of halogens is 4. The quantitative estimate of drug-likeness (QED) is 0.761. The number of ether oxygens (including phenoxy) is 1. The highest BCUT2D eigenvalue weighted by atomic mass is 35.5. The molecule has 1 rings (SSSR count). The van der Waals surface area contributed by atoms with Gasteiger partial charge in [-0.05, 0) is 29.2 Å². The van der Waals surface area contributed by atoms with Crippen molar-refractivity contribution in [3.63, 3.8) is 0 Å². The van der Waals surface area contributed by atoms with Gasteiger partial charge in [0.2, 0.25) is 0 Å². The zero-order valence-electron chi connectivity index (χ0n) is 9.86. The van der Waals surface area contributed by atoms with Crippen molar-refractivity contribution in [2.75, 3.05) is 6.61 Å². The fourth-order valence-electron chi connectivity index (χ4n) is 1.24. The molecule has 0 aromatic heterocycles. The van der Waals surface area contributed by atoms with Crippen molar-refractivity contribution in [1.29, 1.82) is 0 Å². The van der Waals surface area contributed by atoms with E-state index in [1.807, 2.05) is 20.8 Å². The van der Waals surface area contributed by atoms with Gasteiger partial charge in [0.25, 0.3) is 0 Å². The molecule has 0 amide bonds. The Morgan fingerprint density at radius 2 is 1.71 bits per heavy atom. The molecular formula is C12H14ClF3O. The van der Waals surface area contributed by atoms with E-state index in [0.717, 1.165) is 5.56 Å². The van der Waals surface area contributed by atoms with Crippen LogP contribution in [0.25, 0.3) is 0 Å². The molecule has 0 spiro atoms. The summed E-state index contributed by atoms with van der Waals surface area (Å²) in [6, 6.07) is 4.68. The van der Waals surface area contributed by atoms with Crippen LogP contribution in [0, 0.1) is 0 Å². The average molecular weight is 267 g/mol. The van der Waals surface area contributed by atoms with Gasteiger partial charge in [0.05, 0.1) is 0 Å². The lowest BCUT2D eigenvalue weighted by molar-refractivity contribution is -0.153. The fourth-order valence-corrected chi connectivity index (χ4v) is 1.47. The highest BCUT2D eigenvalue weighted by Gasteiger charge is 2.28. The molecule has 5 heteroatoms. The molecule has 0 N–H and O–H groups in total. The molecule has 0 heterocycles. The van der Waals surface area contributed by atoms with E-state index in [0.29, 0.717) is 5.02 Å². The van der Waals surface area contributed by atoms with Crippen molar-refractivity contribution in [2.45, 2.75) is 32.4 Å². The minimum atomic E-state index is -4.34. The van der Waals surface area contributed by atoms with Crippen molar-refractivity contribution < 1.29 is 17.9 Å². The molecule has 0 saturated heterocycles. The summed E-state index contributed by atoms with van der Waals surface area (Å²) >= 11 is 5.84. The van der Waals surface area contributed by atoms with Crippen LogP contribution in [0.3, 0.4) is 0 Å². The summed E-state index contributed by atoms with van der Waals surface area (Å²) in [4.78, 5) is 0. The highest BCUT2D eigenvalue weighted by Crippen LogP contribution is 2.30. The van der Waals surface area contributed by atoms with E-state index in [1.54, 1.807) is 12.1 Å². The SMILES string of the molecule is CC(C)(C)c1cc(Cl)cc(OCC(F)(F)F)c1. The average Bonchev–Trinajstić information content (AvgIpc) is 2.11. The maximum Gasteiger partial charge on any atom is 0.422 e. The Morgan fingerprint density at radius 3 is 2.18 bits per heavy atom. The van der Waals surface area contributed by atoms with E-state index < -0.39 is 12.8 Å². The normalized spacial score (nSPS) is 12.6. The Bertz CT molecular complexity index is 394. The molecule has 0 aliphatic heterocycles. The molecule has 0 unspecified atom stereocenters. The molecule has 96 valence electrons. The smallest absolute Gasteiger partial charge is 0.422 e. The lowest BCUT2D eigenvalue weighted by atomic mass is 9.87. The predicted octanol–water partition coefficient (Wildman–Crippen LogP) is 4.58. The summed E-state index contributed by atoms with van der Waals surface area (Å²) in [5.74, 6) is 0.139. The van der Waals surface area contributed by atoms with E-state index in [2.05, 4.69) is 4.74 Å². The number of hydrogen-bond donors (Lipinski definition) is 0. The summed E-state index contributed by atoms with van der Waals surface area (Å²) in [6.07, 6.45) is -4.34. The summed E-state index contributed by atoms with van der Waals surface area (Å²) in [7, 11) is 0. The second-order valence-electron chi connectivity index (χ2n) is 4.83. The van der Waals surface area contributed by atoms with Crippen molar-refractivity contribution in [3.8, 4) is 5.75 Å². The molecule has 17 heavy (non-hydrogen) atoms. The number of hydrogen-bond acceptors (Lipinski definition) is 1. The standard InChI is InChI=1S/C12H14ClF3O/c1-11(2,3)8-4-9(13)6-10(5-8)17-7-12(14,15)16/h4-6H,7H2,1-3H3. The van der Waals surface area contributed by atoms with Crippen molar-refractivity contribution in [1.82, 2.24) is 0 Å². The zero-order valence-corrected chi connectivity index (χ0v) is 10.6. The summed E-state index contributed by atoms with van der Waals surface area (Å²) in [6.45, 7) is 4.54. The van der Waals surface area contributed by atoms with Gasteiger partial charge >= 0.3 is 6.18 Å². The molecule has 0 aliphatic rings. The van der Waals surface area contributed by atoms with Gasteiger partial charge in [-0.2, -0.15) is 13.2 Å². The van der Waals surface area contributed by atoms with Gasteiger partial charge in [0.15, 0.2) is 6.61 Å². The third kappa shape index (κ3) is 4.86. The van der Waals surface area contributed by atoms with Gasteiger partial charge in [-0.15, -0.1) is 0 Å². The summed E-state index contributed by atoms with van der Waals surface area (Å²) in [5.41, 5.74) is 0.642. The van der Waals surface area contributed by atoms with Crippen LogP contribution in [-0.2, 0) is 5.41 Å². The predicted molar refractivity (Wildman–Crippen MR) is 61.7 cm³/mol. The van der Waals surface area contributed by atoms with Crippen LogP contribution in [0.5, 0.6) is 5.75 Å². The van der Waals surface area contributed by atoms with Crippen LogP contribution >= 0.6 is 11.6 Å². The van der Waals surface area contributed by atoms with E-state index >= 15 is 0 Å². The van der Waals surface area contributed by atoms with Gasteiger partial charge in [-0.3, -0.25) is 0 Å². The molecule has 0 saturated carbocycles. The Labute approximate surface area is 104 Å². The lowest BCUT2D eigenvalue weighted by Crippen LogP contribution is -2.19.